The van der Waals surface area contributed by atoms with Crippen LogP contribution in [0.5, 0.6) is 0 Å². The number of hydrogen-bond donors (Lipinski definition) is 6. The highest BCUT2D eigenvalue weighted by atomic mass is 16.5. The van der Waals surface area contributed by atoms with Crippen molar-refractivity contribution in [1.29, 1.82) is 0 Å². The number of ether oxygens (including phenoxy) is 1. The first-order chi connectivity index (χ1) is 29.3. The molecule has 0 saturated heterocycles. The average molecular weight is 851 g/mol. The molecule has 62 heavy (non-hydrogen) atoms. The summed E-state index contributed by atoms with van der Waals surface area (Å²) in [7, 11) is 0. The van der Waals surface area contributed by atoms with Gasteiger partial charge < -0.3 is 35.8 Å². The summed E-state index contributed by atoms with van der Waals surface area (Å²) in [5.41, 5.74) is 6.03. The zero-order chi connectivity index (χ0) is 43.6. The molecule has 0 aliphatic rings. The molecule has 8 rings (SSSR count). The van der Waals surface area contributed by atoms with Crippen LogP contribution in [0.25, 0.3) is 33.7 Å². The highest BCUT2D eigenvalue weighted by molar-refractivity contribution is 5.73. The van der Waals surface area contributed by atoms with Crippen LogP contribution in [0.2, 0.25) is 0 Å². The lowest BCUT2D eigenvalue weighted by molar-refractivity contribution is -0.0369. The van der Waals surface area contributed by atoms with Crippen molar-refractivity contribution in [2.45, 2.75) is 73.3 Å². The Kier molecular flexibility index (Phi) is 15.4. The number of rotatable bonds is 14. The number of aliphatic hydroxyl groups is 4. The van der Waals surface area contributed by atoms with Gasteiger partial charge in [-0.1, -0.05) is 42.1 Å². The maximum Gasteiger partial charge on any atom is 0.229 e. The van der Waals surface area contributed by atoms with Crippen LogP contribution in [0.15, 0.2) is 85.7 Å². The Morgan fingerprint density at radius 1 is 0.613 bits per heavy atom. The van der Waals surface area contributed by atoms with Crippen LogP contribution in [-0.2, 0) is 29.0 Å². The molecule has 0 saturated carbocycles. The van der Waals surface area contributed by atoms with Gasteiger partial charge in [0.2, 0.25) is 11.9 Å². The van der Waals surface area contributed by atoms with E-state index < -0.39 is 11.2 Å². The van der Waals surface area contributed by atoms with Gasteiger partial charge in [-0.2, -0.15) is 29.5 Å². The Bertz CT molecular complexity index is 2610. The summed E-state index contributed by atoms with van der Waals surface area (Å²) in [4.78, 5) is 17.7. The molecular formula is C41H54N16O5. The van der Waals surface area contributed by atoms with Crippen molar-refractivity contribution in [2.75, 3.05) is 37.1 Å². The molecule has 0 spiro atoms. The first-order valence-corrected chi connectivity index (χ1v) is 19.5. The van der Waals surface area contributed by atoms with Gasteiger partial charge in [-0.3, -0.25) is 9.36 Å². The van der Waals surface area contributed by atoms with Gasteiger partial charge >= 0.3 is 0 Å². The minimum Gasteiger partial charge on any atom is -0.394 e. The molecule has 6 aromatic heterocycles. The number of benzene rings is 2. The Balaban J connectivity index is 0.000000213. The quantitative estimate of drug-likeness (QED) is 0.0884. The van der Waals surface area contributed by atoms with E-state index in [1.165, 1.54) is 0 Å². The number of aryl methyl sites for hydroxylation is 2. The molecular weight excluding hydrogens is 797 g/mol. The summed E-state index contributed by atoms with van der Waals surface area (Å²) in [5.74, 6) is 0.881. The van der Waals surface area contributed by atoms with Gasteiger partial charge in [0.05, 0.1) is 85.2 Å². The molecule has 0 aliphatic carbocycles. The van der Waals surface area contributed by atoms with Crippen molar-refractivity contribution in [3.05, 3.63) is 96.8 Å². The number of aliphatic hydroxyl groups excluding tert-OH is 3. The number of aromatic nitrogens is 14. The summed E-state index contributed by atoms with van der Waals surface area (Å²) < 4.78 is 12.7. The summed E-state index contributed by atoms with van der Waals surface area (Å²) >= 11 is 0. The number of nitrogens with one attached hydrogen (secondary N) is 2. The average Bonchev–Trinajstić information content (AvgIpc) is 4.10. The van der Waals surface area contributed by atoms with Crippen LogP contribution < -0.4 is 10.6 Å². The van der Waals surface area contributed by atoms with Crippen molar-refractivity contribution in [3.63, 3.8) is 0 Å². The molecule has 21 heteroatoms. The second kappa shape index (κ2) is 20.7. The van der Waals surface area contributed by atoms with Gasteiger partial charge in [0.25, 0.3) is 0 Å². The maximum atomic E-state index is 10.1. The van der Waals surface area contributed by atoms with E-state index in [0.29, 0.717) is 34.2 Å². The molecule has 8 aromatic rings. The number of fused-ring (bicyclic) bond motifs is 2. The fraction of sp³-hybridized carbons (Fsp3) is 0.366. The first-order valence-electron chi connectivity index (χ1n) is 19.5. The van der Waals surface area contributed by atoms with E-state index >= 15 is 0 Å². The topological polar surface area (TPSA) is 263 Å². The zero-order valence-electron chi connectivity index (χ0n) is 34.8. The van der Waals surface area contributed by atoms with Crippen LogP contribution in [0.3, 0.4) is 0 Å². The third-order valence-corrected chi connectivity index (χ3v) is 9.09. The molecule has 6 N–H and O–H groups in total. The lowest BCUT2D eigenvalue weighted by Gasteiger charge is -2.25. The third kappa shape index (κ3) is 11.3. The van der Waals surface area contributed by atoms with Crippen molar-refractivity contribution >= 4 is 45.6 Å². The lowest BCUT2D eigenvalue weighted by atomic mass is 9.98. The number of hydrogen-bond acceptors (Lipinski definition) is 17. The van der Waals surface area contributed by atoms with E-state index in [-0.39, 0.29) is 33.9 Å². The highest BCUT2D eigenvalue weighted by Gasteiger charge is 2.22. The van der Waals surface area contributed by atoms with E-state index in [0.717, 1.165) is 47.0 Å². The van der Waals surface area contributed by atoms with Crippen LogP contribution in [0, 0.1) is 0 Å². The normalized spacial score (nSPS) is 11.4. The molecule has 6 heterocycles. The lowest BCUT2D eigenvalue weighted by Crippen LogP contribution is -2.23. The Labute approximate surface area is 358 Å². The van der Waals surface area contributed by atoms with Gasteiger partial charge in [-0.05, 0) is 76.9 Å². The van der Waals surface area contributed by atoms with Gasteiger partial charge in [0.15, 0.2) is 22.3 Å². The first kappa shape index (κ1) is 46.3. The van der Waals surface area contributed by atoms with Crippen LogP contribution in [-0.4, -0.2) is 116 Å². The zero-order valence-corrected chi connectivity index (χ0v) is 34.8. The van der Waals surface area contributed by atoms with Crippen LogP contribution in [0.4, 0.5) is 23.3 Å². The van der Waals surface area contributed by atoms with Crippen molar-refractivity contribution in [3.8, 4) is 11.4 Å². The fourth-order valence-corrected chi connectivity index (χ4v) is 5.78. The molecule has 2 aromatic carbocycles. The second-order valence-electron chi connectivity index (χ2n) is 14.4. The van der Waals surface area contributed by atoms with Crippen molar-refractivity contribution in [1.82, 2.24) is 69.5 Å². The smallest absolute Gasteiger partial charge is 0.229 e. The standard InChI is InChI=1S/C20H24N8O2.C18H20N8O.C2H6O2.CH4/c1-4-27-13-15(11-22-27)23-19-21-12-17-18(24-19)28(26-25-17)16-7-5-14(6-8-16)20(2,3)30-10-9-29;1-4-25-11-13(9-20-25)21-17-19-10-15-16(22-17)26(24-23-15)14-7-5-12(6-8-14)18(2,3)27;3-1-2-4;/h5-8,11-13,29H,4,9-10H2,1-3H3,(H,21,23,24);5-11,27H,4H2,1-3H3,(H,19,21,22);3-4H,1-2H2;1H4. The summed E-state index contributed by atoms with van der Waals surface area (Å²) in [6.45, 7) is 13.1. The SMILES string of the molecule is C.CCn1cc(Nc2ncc3nnn(-c4ccc(C(C)(C)O)cc4)c3n2)cn1.CCn1cc(Nc2ncc3nnn(-c4ccc(C(C)(C)OCCO)cc4)c3n2)cn1.OCCO. The predicted octanol–water partition coefficient (Wildman–Crippen LogP) is 4.42. The monoisotopic (exact) mass is 850 g/mol. The molecule has 0 bridgehead atoms. The van der Waals surface area contributed by atoms with Gasteiger partial charge in [0.1, 0.15) is 0 Å². The minimum atomic E-state index is -0.898. The number of nitrogens with zero attached hydrogens (tertiary/aromatic N) is 14. The maximum absolute atomic E-state index is 10.1. The van der Waals surface area contributed by atoms with E-state index in [9.17, 15) is 5.11 Å². The summed E-state index contributed by atoms with van der Waals surface area (Å²) in [6.07, 6.45) is 10.5. The molecule has 0 fully saturated rings. The van der Waals surface area contributed by atoms with E-state index in [2.05, 4.69) is 61.4 Å². The predicted molar refractivity (Wildman–Crippen MR) is 233 cm³/mol. The largest absolute Gasteiger partial charge is 0.394 e. The van der Waals surface area contributed by atoms with Gasteiger partial charge in [-0.15, -0.1) is 10.2 Å². The van der Waals surface area contributed by atoms with Crippen LogP contribution in [0.1, 0.15) is 60.1 Å². The third-order valence-electron chi connectivity index (χ3n) is 9.09. The molecule has 21 nitrogen and oxygen atoms in total. The summed E-state index contributed by atoms with van der Waals surface area (Å²) in [6, 6.07) is 15.3. The molecule has 0 amide bonds. The van der Waals surface area contributed by atoms with Crippen LogP contribution >= 0.6 is 0 Å². The molecule has 0 unspecified atom stereocenters. The molecule has 0 aliphatic heterocycles. The number of anilines is 4. The van der Waals surface area contributed by atoms with E-state index in [1.54, 1.807) is 48.0 Å². The van der Waals surface area contributed by atoms with Gasteiger partial charge in [-0.25, -0.2) is 9.97 Å². The highest BCUT2D eigenvalue weighted by Crippen LogP contribution is 2.27. The second-order valence-corrected chi connectivity index (χ2v) is 14.4. The minimum absolute atomic E-state index is 0. The molecule has 0 radical (unpaired) electrons. The molecule has 328 valence electrons. The van der Waals surface area contributed by atoms with E-state index in [1.807, 2.05) is 98.0 Å². The Hall–Kier alpha value is -6.78. The Morgan fingerprint density at radius 2 is 1.05 bits per heavy atom. The van der Waals surface area contributed by atoms with Gasteiger partial charge in [0, 0.05) is 25.5 Å². The van der Waals surface area contributed by atoms with E-state index in [4.69, 9.17) is 20.1 Å². The molecule has 0 atom stereocenters. The van der Waals surface area contributed by atoms with Crippen molar-refractivity contribution < 1.29 is 25.2 Å². The Morgan fingerprint density at radius 3 is 1.42 bits per heavy atom. The fourth-order valence-electron chi connectivity index (χ4n) is 5.78. The summed E-state index contributed by atoms with van der Waals surface area (Å²) in [5, 5.41) is 65.8. The van der Waals surface area contributed by atoms with Crippen molar-refractivity contribution in [2.24, 2.45) is 0 Å².